The Morgan fingerprint density at radius 2 is 1.51 bits per heavy atom. The average Bonchev–Trinajstić information content (AvgIpc) is 2.98. The van der Waals surface area contributed by atoms with Crippen LogP contribution in [0.4, 0.5) is 0 Å². The van der Waals surface area contributed by atoms with Crippen molar-refractivity contribution in [1.82, 2.24) is 0 Å². The minimum Gasteiger partial charge on any atom is -0.508 e. The van der Waals surface area contributed by atoms with Gasteiger partial charge in [-0.1, -0.05) is 0 Å². The van der Waals surface area contributed by atoms with Gasteiger partial charge in [-0.25, -0.2) is 0 Å². The third-order valence-corrected chi connectivity index (χ3v) is 7.55. The van der Waals surface area contributed by atoms with Crippen LogP contribution in [0.15, 0.2) is 59.3 Å². The molecule has 0 bridgehead atoms. The molecular weight excluding hydrogens is 576 g/mol. The number of rotatable bonds is 7. The highest BCUT2D eigenvalue weighted by Gasteiger charge is 2.48. The normalized spacial score (nSPS) is 37.9. The fourth-order valence-corrected chi connectivity index (χ4v) is 5.04. The number of aliphatic hydroxyl groups excluding tert-OH is 8. The van der Waals surface area contributed by atoms with Crippen LogP contribution in [0.25, 0.3) is 5.76 Å². The standard InChI is InChI=1S/C28H34O15/c1-10-20(32)22(34)24(36)27(40-10)39-9-19-21(33)23(35)25(37)28(43-19)42-18-8-13-15(31)6-12(29)7-16(13)41-26(18)11-3-4-14(30)17(5-11)38-2/h3-8,10,16,19-25,27-37H,9H2,1-2H3/t10-,16?,19+,20-,21+,22+,23-,24+,25+,27+,28+/m0/s1. The first-order valence-corrected chi connectivity index (χ1v) is 13.4. The smallest absolute Gasteiger partial charge is 0.229 e. The predicted molar refractivity (Wildman–Crippen MR) is 142 cm³/mol. The van der Waals surface area contributed by atoms with Crippen molar-refractivity contribution in [1.29, 1.82) is 0 Å². The molecule has 0 radical (unpaired) electrons. The first-order valence-electron chi connectivity index (χ1n) is 13.4. The summed E-state index contributed by atoms with van der Waals surface area (Å²) in [6, 6.07) is 4.25. The Balaban J connectivity index is 1.41. The molecule has 15 heteroatoms. The highest BCUT2D eigenvalue weighted by molar-refractivity contribution is 5.70. The van der Waals surface area contributed by atoms with Gasteiger partial charge in [0.15, 0.2) is 29.3 Å². The number of aromatic hydroxyl groups is 1. The minimum absolute atomic E-state index is 0.0234. The summed E-state index contributed by atoms with van der Waals surface area (Å²) in [5.74, 6) is -0.717. The first-order chi connectivity index (χ1) is 20.4. The van der Waals surface area contributed by atoms with Gasteiger partial charge in [0.1, 0.15) is 60.4 Å². The van der Waals surface area contributed by atoms with E-state index in [4.69, 9.17) is 28.4 Å². The summed E-state index contributed by atoms with van der Waals surface area (Å²) in [6.45, 7) is 0.958. The van der Waals surface area contributed by atoms with Gasteiger partial charge in [0.05, 0.1) is 19.8 Å². The van der Waals surface area contributed by atoms with Crippen LogP contribution < -0.4 is 4.74 Å². The number of benzene rings is 1. The van der Waals surface area contributed by atoms with Crippen molar-refractivity contribution in [2.45, 2.75) is 74.4 Å². The lowest BCUT2D eigenvalue weighted by Gasteiger charge is -2.42. The summed E-state index contributed by atoms with van der Waals surface area (Å²) in [5.41, 5.74) is 0.511. The minimum atomic E-state index is -1.79. The van der Waals surface area contributed by atoms with Crippen LogP contribution in [0.3, 0.4) is 0 Å². The largest absolute Gasteiger partial charge is 0.508 e. The van der Waals surface area contributed by atoms with E-state index in [9.17, 15) is 46.0 Å². The van der Waals surface area contributed by atoms with Crippen molar-refractivity contribution in [3.05, 3.63) is 64.8 Å². The van der Waals surface area contributed by atoms with E-state index in [-0.39, 0.29) is 40.1 Å². The summed E-state index contributed by atoms with van der Waals surface area (Å²) in [6.07, 6.45) is -12.3. The molecule has 2 fully saturated rings. The highest BCUT2D eigenvalue weighted by atomic mass is 16.7. The molecule has 4 aliphatic rings. The van der Waals surface area contributed by atoms with Crippen molar-refractivity contribution in [3.8, 4) is 11.5 Å². The molecule has 2 saturated heterocycles. The molecule has 1 aliphatic carbocycles. The summed E-state index contributed by atoms with van der Waals surface area (Å²) in [4.78, 5) is 0. The zero-order valence-corrected chi connectivity index (χ0v) is 23.0. The van der Waals surface area contributed by atoms with Gasteiger partial charge >= 0.3 is 0 Å². The van der Waals surface area contributed by atoms with Crippen molar-refractivity contribution in [3.63, 3.8) is 0 Å². The third kappa shape index (κ3) is 6.04. The topological polar surface area (TPSA) is 237 Å². The van der Waals surface area contributed by atoms with E-state index in [1.54, 1.807) is 0 Å². The molecule has 236 valence electrons. The lowest BCUT2D eigenvalue weighted by molar-refractivity contribution is -0.323. The highest BCUT2D eigenvalue weighted by Crippen LogP contribution is 2.40. The van der Waals surface area contributed by atoms with Crippen molar-refractivity contribution >= 4 is 5.76 Å². The summed E-state index contributed by atoms with van der Waals surface area (Å²) < 4.78 is 33.8. The van der Waals surface area contributed by atoms with Gasteiger partial charge in [0.25, 0.3) is 0 Å². The number of aliphatic hydroxyl groups is 8. The molecule has 0 aromatic heterocycles. The van der Waals surface area contributed by atoms with Crippen molar-refractivity contribution in [2.75, 3.05) is 13.7 Å². The van der Waals surface area contributed by atoms with Crippen LogP contribution >= 0.6 is 0 Å². The molecule has 43 heavy (non-hydrogen) atoms. The molecule has 1 unspecified atom stereocenters. The second-order valence-electron chi connectivity index (χ2n) is 10.5. The number of phenols is 1. The number of allylic oxidation sites excluding steroid dienone is 2. The molecule has 11 atom stereocenters. The molecule has 5 rings (SSSR count). The lowest BCUT2D eigenvalue weighted by Crippen LogP contribution is -2.61. The van der Waals surface area contributed by atoms with Crippen LogP contribution in [0.2, 0.25) is 0 Å². The Hall–Kier alpha value is -3.38. The Bertz CT molecular complexity index is 1320. The van der Waals surface area contributed by atoms with Gasteiger partial charge in [-0.05, 0) is 31.2 Å². The van der Waals surface area contributed by atoms with E-state index in [0.717, 1.165) is 6.08 Å². The van der Waals surface area contributed by atoms with Crippen LogP contribution in [0, 0.1) is 0 Å². The van der Waals surface area contributed by atoms with E-state index < -0.39 is 74.1 Å². The van der Waals surface area contributed by atoms with Crippen LogP contribution in [0.1, 0.15) is 12.5 Å². The molecule has 9 N–H and O–H groups in total. The number of fused-ring (bicyclic) bond motifs is 1. The molecule has 15 nitrogen and oxygen atoms in total. The molecule has 3 aliphatic heterocycles. The second-order valence-corrected chi connectivity index (χ2v) is 10.5. The molecular formula is C28H34O15. The second kappa shape index (κ2) is 12.3. The molecule has 0 saturated carbocycles. The van der Waals surface area contributed by atoms with Crippen molar-refractivity contribution in [2.24, 2.45) is 0 Å². The Kier molecular flexibility index (Phi) is 8.89. The SMILES string of the molecule is COc1cc(C2=C(O[C@@H]3O[C@H](CO[C@@H]4O[C@@H](C)[C@H](O)[C@@H](O)[C@H]4O)[C@@H](O)[C@H](O)[C@H]3O)C=C3C(O)=CC(O)=CC3O2)ccc1O. The maximum Gasteiger partial charge on any atom is 0.229 e. The fourth-order valence-electron chi connectivity index (χ4n) is 5.04. The van der Waals surface area contributed by atoms with Gasteiger partial charge in [-0.3, -0.25) is 0 Å². The maximum absolute atomic E-state index is 10.7. The molecule has 1 aromatic rings. The zero-order chi connectivity index (χ0) is 31.2. The van der Waals surface area contributed by atoms with E-state index in [1.807, 2.05) is 0 Å². The van der Waals surface area contributed by atoms with Crippen molar-refractivity contribution < 1.29 is 74.4 Å². The van der Waals surface area contributed by atoms with E-state index in [1.165, 1.54) is 44.4 Å². The summed E-state index contributed by atoms with van der Waals surface area (Å²) in [7, 11) is 1.34. The predicted octanol–water partition coefficient (Wildman–Crippen LogP) is -1.04. The zero-order valence-electron chi connectivity index (χ0n) is 23.0. The lowest BCUT2D eigenvalue weighted by atomic mass is 9.96. The van der Waals surface area contributed by atoms with Gasteiger partial charge in [-0.15, -0.1) is 0 Å². The Morgan fingerprint density at radius 3 is 2.23 bits per heavy atom. The molecule has 3 heterocycles. The molecule has 0 amide bonds. The third-order valence-electron chi connectivity index (χ3n) is 7.55. The van der Waals surface area contributed by atoms with E-state index >= 15 is 0 Å². The van der Waals surface area contributed by atoms with Gasteiger partial charge in [0, 0.05) is 23.3 Å². The Morgan fingerprint density at radius 1 is 0.814 bits per heavy atom. The average molecular weight is 611 g/mol. The van der Waals surface area contributed by atoms with Crippen LogP contribution in [-0.4, -0.2) is 127 Å². The maximum atomic E-state index is 10.7. The summed E-state index contributed by atoms with van der Waals surface area (Å²) >= 11 is 0. The van der Waals surface area contributed by atoms with Crippen LogP contribution in [-0.2, 0) is 23.7 Å². The van der Waals surface area contributed by atoms with Gasteiger partial charge < -0.3 is 74.4 Å². The number of hydrogen-bond acceptors (Lipinski definition) is 15. The van der Waals surface area contributed by atoms with E-state index in [0.29, 0.717) is 5.56 Å². The quantitative estimate of drug-likeness (QED) is 0.179. The van der Waals surface area contributed by atoms with Crippen LogP contribution in [0.5, 0.6) is 11.5 Å². The number of methoxy groups -OCH3 is 1. The van der Waals surface area contributed by atoms with Gasteiger partial charge in [-0.2, -0.15) is 0 Å². The van der Waals surface area contributed by atoms with E-state index in [2.05, 4.69) is 0 Å². The first kappa shape index (κ1) is 31.1. The number of phenolic OH excluding ortho intramolecular Hbond substituents is 1. The number of ether oxygens (including phenoxy) is 6. The van der Waals surface area contributed by atoms with Gasteiger partial charge in [0.2, 0.25) is 6.29 Å². The number of hydrogen-bond donors (Lipinski definition) is 9. The fraction of sp³-hybridized carbons (Fsp3) is 0.500. The molecule has 1 aromatic carbocycles. The monoisotopic (exact) mass is 610 g/mol. The Labute approximate surface area is 245 Å². The molecule has 0 spiro atoms. The summed E-state index contributed by atoms with van der Waals surface area (Å²) in [5, 5.41) is 92.6.